The highest BCUT2D eigenvalue weighted by molar-refractivity contribution is 6.39. The molecular weight excluding hydrogens is 653 g/mol. The molecule has 1 saturated heterocycles. The van der Waals surface area contributed by atoms with Crippen molar-refractivity contribution in [3.63, 3.8) is 0 Å². The SMILES string of the molecule is COc1nc(-c2cccc(-c3cccc(-c4cnc(CNC[C@H]5CCC(=O)N5)c(OC)n4)c3Cl)c2Cl)cnc1CNCCc1ncc[nH]1. The summed E-state index contributed by atoms with van der Waals surface area (Å²) in [5, 5.41) is 10.6. The molecule has 1 atom stereocenters. The molecule has 3 aromatic heterocycles. The van der Waals surface area contributed by atoms with Gasteiger partial charge in [-0.3, -0.25) is 14.8 Å². The van der Waals surface area contributed by atoms with Crippen LogP contribution in [0.5, 0.6) is 11.8 Å². The van der Waals surface area contributed by atoms with Crippen molar-refractivity contribution in [2.24, 2.45) is 0 Å². The molecule has 0 bridgehead atoms. The van der Waals surface area contributed by atoms with E-state index < -0.39 is 0 Å². The Balaban J connectivity index is 1.20. The molecule has 0 aliphatic carbocycles. The molecule has 0 radical (unpaired) electrons. The molecule has 1 aliphatic rings. The molecule has 1 aliphatic heterocycles. The highest BCUT2D eigenvalue weighted by Gasteiger charge is 2.21. The lowest BCUT2D eigenvalue weighted by Crippen LogP contribution is -2.35. The second-order valence-corrected chi connectivity index (χ2v) is 11.9. The van der Waals surface area contributed by atoms with E-state index in [0.29, 0.717) is 81.8 Å². The van der Waals surface area contributed by atoms with Crippen LogP contribution in [-0.4, -0.2) is 69.2 Å². The van der Waals surface area contributed by atoms with Gasteiger partial charge in [-0.1, -0.05) is 59.6 Å². The number of carbonyl (C=O) groups is 1. The number of hydrogen-bond donors (Lipinski definition) is 4. The minimum Gasteiger partial charge on any atom is -0.480 e. The third-order valence-corrected chi connectivity index (χ3v) is 8.82. The Bertz CT molecular complexity index is 1890. The third-order valence-electron chi connectivity index (χ3n) is 8.00. The number of aromatic nitrogens is 6. The molecule has 0 unspecified atom stereocenters. The molecule has 0 saturated carbocycles. The van der Waals surface area contributed by atoms with Gasteiger partial charge in [0.2, 0.25) is 17.7 Å². The molecule has 4 heterocycles. The first-order valence-electron chi connectivity index (χ1n) is 15.5. The number of amides is 1. The van der Waals surface area contributed by atoms with Crippen molar-refractivity contribution in [3.05, 3.63) is 88.4 Å². The minimum absolute atomic E-state index is 0.0836. The van der Waals surface area contributed by atoms with E-state index in [1.165, 1.54) is 0 Å². The summed E-state index contributed by atoms with van der Waals surface area (Å²) < 4.78 is 11.2. The second-order valence-electron chi connectivity index (χ2n) is 11.2. The second kappa shape index (κ2) is 15.5. The lowest BCUT2D eigenvalue weighted by atomic mass is 9.98. The zero-order valence-electron chi connectivity index (χ0n) is 26.5. The van der Waals surface area contributed by atoms with Crippen molar-refractivity contribution in [3.8, 4) is 45.4 Å². The molecule has 48 heavy (non-hydrogen) atoms. The van der Waals surface area contributed by atoms with Gasteiger partial charge in [0.05, 0.1) is 48.0 Å². The quantitative estimate of drug-likeness (QED) is 0.117. The normalized spacial score (nSPS) is 14.2. The molecule has 1 fully saturated rings. The Morgan fingerprint density at radius 1 is 0.833 bits per heavy atom. The molecule has 0 spiro atoms. The molecular formula is C34H35Cl2N9O3. The van der Waals surface area contributed by atoms with Crippen LogP contribution in [0.2, 0.25) is 10.0 Å². The number of methoxy groups -OCH3 is 2. The standard InChI is InChI=1S/C34H35Cl2N9O3/c1-47-33-27(16-37-12-11-29-39-13-14-40-29)41-18-25(44-33)23-7-3-5-21(31(23)35)22-6-4-8-24(32(22)36)26-19-42-28(34(45-26)48-2)17-38-15-20-9-10-30(46)43-20/h3-8,13-14,18-20,37-38H,9-12,15-17H2,1-2H3,(H,39,40)(H,43,46)/t20-/m1/s1. The molecule has 4 N–H and O–H groups in total. The third kappa shape index (κ3) is 7.57. The summed E-state index contributed by atoms with van der Waals surface area (Å²) in [5.74, 6) is 1.80. The smallest absolute Gasteiger partial charge is 0.237 e. The number of aromatic amines is 1. The van der Waals surface area contributed by atoms with E-state index in [1.54, 1.807) is 39.0 Å². The van der Waals surface area contributed by atoms with Gasteiger partial charge in [0.25, 0.3) is 0 Å². The van der Waals surface area contributed by atoms with Crippen LogP contribution in [0.25, 0.3) is 33.6 Å². The van der Waals surface area contributed by atoms with Crippen LogP contribution in [0.15, 0.2) is 61.2 Å². The summed E-state index contributed by atoms with van der Waals surface area (Å²) in [6.45, 7) is 2.28. The monoisotopic (exact) mass is 687 g/mol. The van der Waals surface area contributed by atoms with E-state index in [1.807, 2.05) is 36.4 Å². The Labute approximate surface area is 288 Å². The van der Waals surface area contributed by atoms with Crippen LogP contribution in [0, 0.1) is 0 Å². The number of rotatable bonds is 14. The first kappa shape index (κ1) is 33.3. The number of imidazole rings is 1. The van der Waals surface area contributed by atoms with Crippen molar-refractivity contribution in [2.45, 2.75) is 38.4 Å². The van der Waals surface area contributed by atoms with Crippen molar-refractivity contribution in [1.29, 1.82) is 0 Å². The number of benzene rings is 2. The van der Waals surface area contributed by atoms with E-state index in [-0.39, 0.29) is 11.9 Å². The number of halogens is 2. The maximum absolute atomic E-state index is 11.5. The summed E-state index contributed by atoms with van der Waals surface area (Å²) in [6, 6.07) is 11.5. The lowest BCUT2D eigenvalue weighted by Gasteiger charge is -2.15. The average Bonchev–Trinajstić information content (AvgIpc) is 3.79. The van der Waals surface area contributed by atoms with Crippen LogP contribution in [0.1, 0.15) is 30.1 Å². The summed E-state index contributed by atoms with van der Waals surface area (Å²) >= 11 is 14.1. The largest absolute Gasteiger partial charge is 0.480 e. The first-order chi connectivity index (χ1) is 23.4. The number of nitrogens with one attached hydrogen (secondary N) is 4. The summed E-state index contributed by atoms with van der Waals surface area (Å²) in [7, 11) is 3.13. The van der Waals surface area contributed by atoms with E-state index in [4.69, 9.17) is 42.6 Å². The van der Waals surface area contributed by atoms with Crippen LogP contribution in [-0.2, 0) is 24.3 Å². The van der Waals surface area contributed by atoms with E-state index in [2.05, 4.69) is 35.9 Å². The van der Waals surface area contributed by atoms with Gasteiger partial charge >= 0.3 is 0 Å². The predicted octanol–water partition coefficient (Wildman–Crippen LogP) is 5.02. The van der Waals surface area contributed by atoms with Gasteiger partial charge in [-0.2, -0.15) is 0 Å². The fourth-order valence-electron chi connectivity index (χ4n) is 5.54. The van der Waals surface area contributed by atoms with Crippen LogP contribution in [0.3, 0.4) is 0 Å². The zero-order valence-corrected chi connectivity index (χ0v) is 28.0. The Hall–Kier alpha value is -4.62. The number of hydrogen-bond acceptors (Lipinski definition) is 10. The minimum atomic E-state index is 0.0836. The average molecular weight is 689 g/mol. The topological polar surface area (TPSA) is 152 Å². The van der Waals surface area contributed by atoms with Gasteiger partial charge in [0, 0.05) is 79.7 Å². The fraction of sp³-hybridized carbons (Fsp3) is 0.294. The first-order valence-corrected chi connectivity index (χ1v) is 16.3. The van der Waals surface area contributed by atoms with E-state index in [0.717, 1.165) is 36.3 Å². The van der Waals surface area contributed by atoms with Gasteiger partial charge in [0.15, 0.2) is 0 Å². The number of ether oxygens (including phenoxy) is 2. The zero-order chi connectivity index (χ0) is 33.5. The molecule has 5 aromatic rings. The Morgan fingerprint density at radius 2 is 1.42 bits per heavy atom. The van der Waals surface area contributed by atoms with Crippen LogP contribution < -0.4 is 25.4 Å². The van der Waals surface area contributed by atoms with Gasteiger partial charge in [0.1, 0.15) is 17.2 Å². The van der Waals surface area contributed by atoms with E-state index in [9.17, 15) is 4.79 Å². The highest BCUT2D eigenvalue weighted by atomic mass is 35.5. The maximum atomic E-state index is 11.5. The van der Waals surface area contributed by atoms with Crippen molar-refractivity contribution >= 4 is 29.1 Å². The highest BCUT2D eigenvalue weighted by Crippen LogP contribution is 2.42. The van der Waals surface area contributed by atoms with Gasteiger partial charge in [-0.25, -0.2) is 15.0 Å². The summed E-state index contributed by atoms with van der Waals surface area (Å²) in [6.07, 6.45) is 9.04. The number of H-pyrrole nitrogens is 1. The fourth-order valence-corrected chi connectivity index (χ4v) is 6.19. The number of nitrogens with zero attached hydrogens (tertiary/aromatic N) is 5. The Kier molecular flexibility index (Phi) is 10.8. The lowest BCUT2D eigenvalue weighted by molar-refractivity contribution is -0.119. The predicted molar refractivity (Wildman–Crippen MR) is 184 cm³/mol. The summed E-state index contributed by atoms with van der Waals surface area (Å²) in [5.41, 5.74) is 5.29. The molecule has 12 nitrogen and oxygen atoms in total. The molecule has 6 rings (SSSR count). The van der Waals surface area contributed by atoms with Crippen molar-refractivity contribution in [1.82, 2.24) is 45.9 Å². The molecule has 248 valence electrons. The molecule has 2 aromatic carbocycles. The maximum Gasteiger partial charge on any atom is 0.237 e. The van der Waals surface area contributed by atoms with Crippen molar-refractivity contribution in [2.75, 3.05) is 27.3 Å². The van der Waals surface area contributed by atoms with Gasteiger partial charge in [-0.05, 0) is 6.42 Å². The van der Waals surface area contributed by atoms with Crippen LogP contribution >= 0.6 is 23.2 Å². The van der Waals surface area contributed by atoms with Gasteiger partial charge < -0.3 is 30.4 Å². The van der Waals surface area contributed by atoms with Crippen LogP contribution in [0.4, 0.5) is 0 Å². The molecule has 14 heteroatoms. The molecule has 1 amide bonds. The Morgan fingerprint density at radius 3 is 1.94 bits per heavy atom. The number of carbonyl (C=O) groups excluding carboxylic acids is 1. The van der Waals surface area contributed by atoms with Crippen molar-refractivity contribution < 1.29 is 14.3 Å². The van der Waals surface area contributed by atoms with Gasteiger partial charge in [-0.15, -0.1) is 0 Å². The summed E-state index contributed by atoms with van der Waals surface area (Å²) in [4.78, 5) is 37.5. The van der Waals surface area contributed by atoms with E-state index >= 15 is 0 Å².